The van der Waals surface area contributed by atoms with Crippen molar-refractivity contribution in [2.45, 2.75) is 31.0 Å². The lowest BCUT2D eigenvalue weighted by Gasteiger charge is -2.31. The number of methoxy groups -OCH3 is 2. The molecule has 0 bridgehead atoms. The molecule has 0 spiro atoms. The molecule has 1 aliphatic heterocycles. The summed E-state index contributed by atoms with van der Waals surface area (Å²) in [5.74, 6) is -0.935. The van der Waals surface area contributed by atoms with Gasteiger partial charge in [0.25, 0.3) is 5.56 Å². The molecule has 10 heteroatoms. The van der Waals surface area contributed by atoms with Crippen molar-refractivity contribution in [3.63, 3.8) is 0 Å². The Labute approximate surface area is 130 Å². The van der Waals surface area contributed by atoms with Gasteiger partial charge in [0.2, 0.25) is 0 Å². The predicted octanol–water partition coefficient (Wildman–Crippen LogP) is -2.24. The molecule has 1 aromatic heterocycles. The summed E-state index contributed by atoms with van der Waals surface area (Å²) in [6.07, 6.45) is -2.25. The molecular formula is C13H18N2O8. The van der Waals surface area contributed by atoms with E-state index in [1.807, 2.05) is 4.98 Å². The lowest BCUT2D eigenvalue weighted by atomic mass is 10.0. The number of nitrogens with zero attached hydrogens (tertiary/aromatic N) is 1. The van der Waals surface area contributed by atoms with Gasteiger partial charge in [-0.25, -0.2) is 9.59 Å². The number of rotatable bonds is 4. The van der Waals surface area contributed by atoms with Crippen LogP contribution in [0.4, 0.5) is 0 Å². The van der Waals surface area contributed by atoms with Crippen LogP contribution in [-0.2, 0) is 19.9 Å². The van der Waals surface area contributed by atoms with Gasteiger partial charge >= 0.3 is 11.7 Å². The van der Waals surface area contributed by atoms with E-state index in [-0.39, 0.29) is 0 Å². The van der Waals surface area contributed by atoms with E-state index in [0.29, 0.717) is 0 Å². The van der Waals surface area contributed by atoms with Gasteiger partial charge in [0, 0.05) is 13.3 Å². The van der Waals surface area contributed by atoms with E-state index in [4.69, 9.17) is 9.47 Å². The van der Waals surface area contributed by atoms with E-state index >= 15 is 0 Å². The van der Waals surface area contributed by atoms with Gasteiger partial charge in [-0.05, 0) is 6.92 Å². The summed E-state index contributed by atoms with van der Waals surface area (Å²) in [7, 11) is 2.39. The normalized spacial score (nSPS) is 30.4. The number of carbonyl (C=O) groups is 1. The molecule has 0 saturated carbocycles. The number of aliphatic hydroxyl groups excluding tert-OH is 2. The Bertz CT molecular complexity index is 711. The smallest absolute Gasteiger partial charge is 0.345 e. The SMILES string of the molecule is COC(=O)c1cn([C@]2(C)O[C@H](CO)[C@@H](O)[C@H]2OC)c(=O)[nH]c1=O. The molecular weight excluding hydrogens is 312 g/mol. The molecule has 2 rings (SSSR count). The standard InChI is InChI=1S/C13H18N2O8/c1-13(9(21-2)8(17)7(5-16)23-13)15-4-6(11(19)22-3)10(18)14-12(15)20/h4,7-9,16-17H,5H2,1-3H3,(H,14,18,20)/t7-,8-,9-,13-/m1/s1. The van der Waals surface area contributed by atoms with Gasteiger partial charge in [-0.3, -0.25) is 14.3 Å². The first-order valence-electron chi connectivity index (χ1n) is 6.74. The summed E-state index contributed by atoms with van der Waals surface area (Å²) in [5, 5.41) is 19.4. The van der Waals surface area contributed by atoms with Crippen LogP contribution in [0.2, 0.25) is 0 Å². The molecule has 3 N–H and O–H groups in total. The van der Waals surface area contributed by atoms with Crippen molar-refractivity contribution in [1.29, 1.82) is 0 Å². The van der Waals surface area contributed by atoms with Gasteiger partial charge in [-0.1, -0.05) is 0 Å². The van der Waals surface area contributed by atoms with Crippen molar-refractivity contribution < 1.29 is 29.2 Å². The number of esters is 1. The van der Waals surface area contributed by atoms with Gasteiger partial charge in [0.05, 0.1) is 13.7 Å². The number of nitrogens with one attached hydrogen (secondary N) is 1. The molecule has 10 nitrogen and oxygen atoms in total. The monoisotopic (exact) mass is 330 g/mol. The Morgan fingerprint density at radius 3 is 2.65 bits per heavy atom. The summed E-state index contributed by atoms with van der Waals surface area (Å²) in [5.41, 5.74) is -3.73. The van der Waals surface area contributed by atoms with Crippen LogP contribution < -0.4 is 11.2 Å². The van der Waals surface area contributed by atoms with E-state index in [0.717, 1.165) is 17.9 Å². The largest absolute Gasteiger partial charge is 0.465 e. The zero-order valence-corrected chi connectivity index (χ0v) is 12.8. The molecule has 2 heterocycles. The third-order valence-electron chi connectivity index (χ3n) is 3.87. The van der Waals surface area contributed by atoms with Crippen molar-refractivity contribution in [2.24, 2.45) is 0 Å². The second-order valence-corrected chi connectivity index (χ2v) is 5.20. The fourth-order valence-electron chi connectivity index (χ4n) is 2.71. The topological polar surface area (TPSA) is 140 Å². The molecule has 0 aromatic carbocycles. The number of hydrogen-bond donors (Lipinski definition) is 3. The molecule has 128 valence electrons. The second kappa shape index (κ2) is 6.24. The lowest BCUT2D eigenvalue weighted by molar-refractivity contribution is -0.145. The highest BCUT2D eigenvalue weighted by Gasteiger charge is 2.54. The summed E-state index contributed by atoms with van der Waals surface area (Å²) in [4.78, 5) is 37.5. The molecule has 0 radical (unpaired) electrons. The van der Waals surface area contributed by atoms with Crippen LogP contribution in [0.5, 0.6) is 0 Å². The van der Waals surface area contributed by atoms with Gasteiger partial charge < -0.3 is 24.4 Å². The first kappa shape index (κ1) is 17.3. The first-order valence-corrected chi connectivity index (χ1v) is 6.74. The van der Waals surface area contributed by atoms with Crippen molar-refractivity contribution in [2.75, 3.05) is 20.8 Å². The number of H-pyrrole nitrogens is 1. The summed E-state index contributed by atoms with van der Waals surface area (Å²) in [6.45, 7) is 0.930. The van der Waals surface area contributed by atoms with E-state index in [9.17, 15) is 24.6 Å². The predicted molar refractivity (Wildman–Crippen MR) is 75.1 cm³/mol. The summed E-state index contributed by atoms with van der Waals surface area (Å²) >= 11 is 0. The molecule has 0 aliphatic carbocycles. The molecule has 1 aromatic rings. The summed E-state index contributed by atoms with van der Waals surface area (Å²) in [6, 6.07) is 0. The Balaban J connectivity index is 2.62. The van der Waals surface area contributed by atoms with Crippen LogP contribution >= 0.6 is 0 Å². The van der Waals surface area contributed by atoms with Gasteiger partial charge in [-0.2, -0.15) is 0 Å². The number of aliphatic hydroxyl groups is 2. The first-order chi connectivity index (χ1) is 10.8. The second-order valence-electron chi connectivity index (χ2n) is 5.20. The van der Waals surface area contributed by atoms with Crippen LogP contribution in [0.25, 0.3) is 0 Å². The van der Waals surface area contributed by atoms with Crippen molar-refractivity contribution in [3.8, 4) is 0 Å². The number of ether oxygens (including phenoxy) is 3. The van der Waals surface area contributed by atoms with Crippen LogP contribution in [0.3, 0.4) is 0 Å². The zero-order valence-electron chi connectivity index (χ0n) is 12.8. The Kier molecular flexibility index (Phi) is 4.71. The third kappa shape index (κ3) is 2.70. The molecule has 1 fully saturated rings. The Hall–Kier alpha value is -2.01. The number of aromatic nitrogens is 2. The zero-order chi connectivity index (χ0) is 17.4. The van der Waals surface area contributed by atoms with Gasteiger partial charge in [-0.15, -0.1) is 0 Å². The molecule has 0 amide bonds. The van der Waals surface area contributed by atoms with Crippen molar-refractivity contribution in [3.05, 3.63) is 32.6 Å². The quantitative estimate of drug-likeness (QED) is 0.527. The van der Waals surface area contributed by atoms with Crippen molar-refractivity contribution >= 4 is 5.97 Å². The highest BCUT2D eigenvalue weighted by atomic mass is 16.6. The maximum Gasteiger partial charge on any atom is 0.345 e. The molecule has 1 aliphatic rings. The molecule has 0 unspecified atom stereocenters. The minimum absolute atomic E-state index is 0.409. The number of aromatic amines is 1. The maximum absolute atomic E-state index is 12.1. The van der Waals surface area contributed by atoms with E-state index < -0.39 is 53.4 Å². The molecule has 1 saturated heterocycles. The molecule has 23 heavy (non-hydrogen) atoms. The van der Waals surface area contributed by atoms with E-state index in [2.05, 4.69) is 4.74 Å². The number of carbonyl (C=O) groups excluding carboxylic acids is 1. The van der Waals surface area contributed by atoms with Crippen molar-refractivity contribution in [1.82, 2.24) is 9.55 Å². The lowest BCUT2D eigenvalue weighted by Crippen LogP contribution is -2.51. The minimum atomic E-state index is -1.55. The third-order valence-corrected chi connectivity index (χ3v) is 3.87. The average Bonchev–Trinajstić information content (AvgIpc) is 2.77. The van der Waals surface area contributed by atoms with E-state index in [1.165, 1.54) is 14.0 Å². The Morgan fingerprint density at radius 1 is 1.48 bits per heavy atom. The minimum Gasteiger partial charge on any atom is -0.465 e. The fourth-order valence-corrected chi connectivity index (χ4v) is 2.71. The van der Waals surface area contributed by atoms with Crippen LogP contribution in [0.15, 0.2) is 15.8 Å². The highest BCUT2D eigenvalue weighted by Crippen LogP contribution is 2.36. The highest BCUT2D eigenvalue weighted by molar-refractivity contribution is 5.88. The Morgan fingerprint density at radius 2 is 2.13 bits per heavy atom. The van der Waals surface area contributed by atoms with E-state index in [1.54, 1.807) is 0 Å². The summed E-state index contributed by atoms with van der Waals surface area (Å²) < 4.78 is 16.1. The van der Waals surface area contributed by atoms with Gasteiger partial charge in [0.15, 0.2) is 5.72 Å². The van der Waals surface area contributed by atoms with Crippen LogP contribution in [0, 0.1) is 0 Å². The number of hydrogen-bond acceptors (Lipinski definition) is 8. The fraction of sp³-hybridized carbons (Fsp3) is 0.615. The average molecular weight is 330 g/mol. The van der Waals surface area contributed by atoms with Crippen LogP contribution in [-0.4, -0.2) is 64.9 Å². The van der Waals surface area contributed by atoms with Gasteiger partial charge in [0.1, 0.15) is 23.9 Å². The van der Waals surface area contributed by atoms with Crippen LogP contribution in [0.1, 0.15) is 17.3 Å². The molecule has 4 atom stereocenters. The maximum atomic E-state index is 12.1.